The lowest BCUT2D eigenvalue weighted by atomic mass is 9.89. The van der Waals surface area contributed by atoms with Crippen LogP contribution in [0.1, 0.15) is 23.6 Å². The summed E-state index contributed by atoms with van der Waals surface area (Å²) in [6.07, 6.45) is 0.791. The van der Waals surface area contributed by atoms with Crippen molar-refractivity contribution in [3.63, 3.8) is 0 Å². The number of nitrogens with zero attached hydrogens (tertiary/aromatic N) is 2. The highest BCUT2D eigenvalue weighted by atomic mass is 32.1. The lowest BCUT2D eigenvalue weighted by Crippen LogP contribution is -2.53. The topological polar surface area (TPSA) is 27.6 Å². The molecule has 0 amide bonds. The number of aryl methyl sites for hydroxylation is 2. The molecule has 1 aliphatic rings. The Morgan fingerprint density at radius 1 is 0.862 bits per heavy atom. The average Bonchev–Trinajstić information content (AvgIpc) is 2.95. The van der Waals surface area contributed by atoms with E-state index in [4.69, 9.17) is 17.2 Å². The van der Waals surface area contributed by atoms with Gasteiger partial charge >= 0.3 is 0 Å². The maximum atomic E-state index is 5.75. The highest BCUT2D eigenvalue weighted by Crippen LogP contribution is 2.35. The summed E-state index contributed by atoms with van der Waals surface area (Å²) in [7, 11) is 0. The van der Waals surface area contributed by atoms with Crippen molar-refractivity contribution in [2.75, 3.05) is 10.2 Å². The fraction of sp³-hybridized carbons (Fsp3) is 0.200. The average molecular weight is 400 g/mol. The van der Waals surface area contributed by atoms with E-state index < -0.39 is 5.54 Å². The van der Waals surface area contributed by atoms with Crippen molar-refractivity contribution in [3.8, 4) is 0 Å². The second-order valence-electron chi connectivity index (χ2n) is 7.74. The smallest absolute Gasteiger partial charge is 0.202 e. The van der Waals surface area contributed by atoms with E-state index in [0.717, 1.165) is 23.6 Å². The van der Waals surface area contributed by atoms with Gasteiger partial charge in [-0.1, -0.05) is 66.7 Å². The summed E-state index contributed by atoms with van der Waals surface area (Å²) in [6, 6.07) is 27.1. The molecule has 146 valence electrons. The summed E-state index contributed by atoms with van der Waals surface area (Å²) >= 11 is 5.75. The first-order valence-electron chi connectivity index (χ1n) is 9.84. The molecule has 4 heteroatoms. The summed E-state index contributed by atoms with van der Waals surface area (Å²) in [5.41, 5.74) is 5.37. The molecule has 0 saturated heterocycles. The van der Waals surface area contributed by atoms with Gasteiger partial charge in [0.1, 0.15) is 11.4 Å². The number of hydrogen-bond acceptors (Lipinski definition) is 2. The molecule has 0 saturated carbocycles. The molecule has 0 bridgehead atoms. The van der Waals surface area contributed by atoms with E-state index in [0.29, 0.717) is 5.11 Å². The number of anilines is 2. The molecule has 1 unspecified atom stereocenters. The summed E-state index contributed by atoms with van der Waals surface area (Å²) in [6.45, 7) is 6.45. The summed E-state index contributed by atoms with van der Waals surface area (Å²) in [4.78, 5) is 7.01. The molecule has 0 aliphatic carbocycles. The number of hydrogen-bond donors (Lipinski definition) is 1. The van der Waals surface area contributed by atoms with Gasteiger partial charge in [0.15, 0.2) is 0 Å². The Morgan fingerprint density at radius 2 is 1.45 bits per heavy atom. The van der Waals surface area contributed by atoms with Crippen LogP contribution in [0.5, 0.6) is 0 Å². The van der Waals surface area contributed by atoms with Gasteiger partial charge in [0.25, 0.3) is 0 Å². The molecule has 1 aliphatic heterocycles. The van der Waals surface area contributed by atoms with Gasteiger partial charge in [-0.25, -0.2) is 4.99 Å². The molecule has 0 spiro atoms. The van der Waals surface area contributed by atoms with Crippen LogP contribution >= 0.6 is 12.2 Å². The molecule has 3 nitrogen and oxygen atoms in total. The summed E-state index contributed by atoms with van der Waals surface area (Å²) < 4.78 is 0. The van der Waals surface area contributed by atoms with E-state index >= 15 is 0 Å². The van der Waals surface area contributed by atoms with E-state index in [9.17, 15) is 0 Å². The highest BCUT2D eigenvalue weighted by molar-refractivity contribution is 7.80. The van der Waals surface area contributed by atoms with E-state index in [1.54, 1.807) is 0 Å². The third-order valence-corrected chi connectivity index (χ3v) is 5.81. The van der Waals surface area contributed by atoms with Crippen LogP contribution < -0.4 is 10.2 Å². The van der Waals surface area contributed by atoms with Crippen LogP contribution in [0.4, 0.5) is 11.4 Å². The molecule has 3 aromatic carbocycles. The van der Waals surface area contributed by atoms with Crippen LogP contribution in [0.3, 0.4) is 0 Å². The number of para-hydroxylation sites is 2. The van der Waals surface area contributed by atoms with Gasteiger partial charge in [-0.2, -0.15) is 0 Å². The third-order valence-electron chi connectivity index (χ3n) is 5.53. The molecule has 3 aromatic rings. The zero-order valence-electron chi connectivity index (χ0n) is 17.0. The molecule has 0 radical (unpaired) electrons. The standard InChI is InChI=1S/C25H25N3S/c1-18-11-10-12-19(2)22(18)26-23-25(3,17-20-13-6-4-7-14-20)28(24(29)27-23)21-15-8-5-9-16-21/h4-16H,17H2,1-3H3,(H,26,27,29). The van der Waals surface area contributed by atoms with Crippen molar-refractivity contribution in [1.29, 1.82) is 0 Å². The zero-order chi connectivity index (χ0) is 20.4. The minimum atomic E-state index is -0.422. The first-order chi connectivity index (χ1) is 14.0. The quantitative estimate of drug-likeness (QED) is 0.552. The lowest BCUT2D eigenvalue weighted by molar-refractivity contribution is 0.626. The fourth-order valence-corrected chi connectivity index (χ4v) is 4.40. The predicted molar refractivity (Wildman–Crippen MR) is 127 cm³/mol. The lowest BCUT2D eigenvalue weighted by Gasteiger charge is -2.37. The van der Waals surface area contributed by atoms with Gasteiger partial charge in [0.2, 0.25) is 5.11 Å². The Morgan fingerprint density at radius 3 is 2.07 bits per heavy atom. The van der Waals surface area contributed by atoms with Crippen molar-refractivity contribution in [3.05, 3.63) is 95.6 Å². The Hall–Kier alpha value is -2.98. The van der Waals surface area contributed by atoms with Gasteiger partial charge in [-0.15, -0.1) is 0 Å². The molecule has 0 fully saturated rings. The number of benzene rings is 3. The maximum absolute atomic E-state index is 5.75. The van der Waals surface area contributed by atoms with Crippen molar-refractivity contribution < 1.29 is 0 Å². The van der Waals surface area contributed by atoms with Crippen LogP contribution in [-0.4, -0.2) is 16.5 Å². The number of rotatable bonds is 4. The van der Waals surface area contributed by atoms with Gasteiger partial charge < -0.3 is 10.2 Å². The molecule has 1 N–H and O–H groups in total. The number of amidine groups is 1. The molecule has 1 heterocycles. The van der Waals surface area contributed by atoms with Gasteiger partial charge in [0.05, 0.1) is 0 Å². The Labute approximate surface area is 178 Å². The first-order valence-corrected chi connectivity index (χ1v) is 10.3. The Bertz CT molecular complexity index is 1040. The third kappa shape index (κ3) is 3.68. The van der Waals surface area contributed by atoms with Crippen molar-refractivity contribution >= 4 is 34.5 Å². The van der Waals surface area contributed by atoms with Crippen molar-refractivity contribution in [2.24, 2.45) is 4.99 Å². The second kappa shape index (κ2) is 7.80. The second-order valence-corrected chi connectivity index (χ2v) is 8.11. The molecular formula is C25H25N3S. The van der Waals surface area contributed by atoms with Crippen LogP contribution in [0.2, 0.25) is 0 Å². The zero-order valence-corrected chi connectivity index (χ0v) is 17.8. The largest absolute Gasteiger partial charge is 0.341 e. The first kappa shape index (κ1) is 19.3. The van der Waals surface area contributed by atoms with Gasteiger partial charge in [-0.3, -0.25) is 0 Å². The monoisotopic (exact) mass is 399 g/mol. The minimum Gasteiger partial charge on any atom is -0.341 e. The Kier molecular flexibility index (Phi) is 5.20. The normalized spacial score (nSPS) is 18.7. The number of thiocarbonyl (C=S) groups is 1. The van der Waals surface area contributed by atoms with Crippen molar-refractivity contribution in [1.82, 2.24) is 0 Å². The fourth-order valence-electron chi connectivity index (χ4n) is 4.00. The van der Waals surface area contributed by atoms with Crippen LogP contribution in [0.15, 0.2) is 83.9 Å². The van der Waals surface area contributed by atoms with Crippen molar-refractivity contribution in [2.45, 2.75) is 32.7 Å². The maximum Gasteiger partial charge on any atom is 0.202 e. The van der Waals surface area contributed by atoms with Crippen LogP contribution in [-0.2, 0) is 6.42 Å². The molecule has 1 atom stereocenters. The van der Waals surface area contributed by atoms with Crippen LogP contribution in [0.25, 0.3) is 0 Å². The highest BCUT2D eigenvalue weighted by Gasteiger charge is 2.45. The van der Waals surface area contributed by atoms with Gasteiger partial charge in [-0.05, 0) is 61.8 Å². The van der Waals surface area contributed by atoms with E-state index in [2.05, 4.69) is 85.6 Å². The summed E-state index contributed by atoms with van der Waals surface area (Å²) in [5, 5.41) is 4.23. The van der Waals surface area contributed by atoms with E-state index in [1.807, 2.05) is 24.3 Å². The predicted octanol–water partition coefficient (Wildman–Crippen LogP) is 5.92. The molecular weight excluding hydrogens is 374 g/mol. The number of aliphatic imine (C=N–C) groups is 1. The van der Waals surface area contributed by atoms with E-state index in [-0.39, 0.29) is 0 Å². The molecule has 0 aromatic heterocycles. The number of nitrogens with one attached hydrogen (secondary N) is 1. The minimum absolute atomic E-state index is 0.422. The van der Waals surface area contributed by atoms with Gasteiger partial charge in [0, 0.05) is 17.8 Å². The Balaban J connectivity index is 1.78. The SMILES string of the molecule is Cc1cccc(C)c1NC1=NC(=S)N(c2ccccc2)C1(C)Cc1ccccc1. The molecule has 29 heavy (non-hydrogen) atoms. The van der Waals surface area contributed by atoms with Crippen LogP contribution in [0, 0.1) is 13.8 Å². The van der Waals surface area contributed by atoms with E-state index in [1.165, 1.54) is 16.7 Å². The molecule has 4 rings (SSSR count). The summed E-state index contributed by atoms with van der Waals surface area (Å²) in [5.74, 6) is 0.882.